The summed E-state index contributed by atoms with van der Waals surface area (Å²) >= 11 is 0. The molecule has 27 heavy (non-hydrogen) atoms. The van der Waals surface area contributed by atoms with Crippen LogP contribution < -0.4 is 16.8 Å². The molecule has 3 rings (SSSR count). The fourth-order valence-corrected chi connectivity index (χ4v) is 3.17. The lowest BCUT2D eigenvalue weighted by molar-refractivity contribution is -0.124. The van der Waals surface area contributed by atoms with Gasteiger partial charge in [0.2, 0.25) is 5.91 Å². The van der Waals surface area contributed by atoms with E-state index in [2.05, 4.69) is 20.3 Å². The van der Waals surface area contributed by atoms with E-state index in [1.54, 1.807) is 4.57 Å². The largest absolute Gasteiger partial charge is 0.394 e. The number of hydrogen-bond donors (Lipinski definition) is 5. The fraction of sp³-hybridized carbons (Fsp3) is 0.625. The second-order valence-electron chi connectivity index (χ2n) is 6.60. The number of nitrogen functional groups attached to an aromatic ring is 1. The van der Waals surface area contributed by atoms with Crippen molar-refractivity contribution in [1.29, 1.82) is 0 Å². The minimum Gasteiger partial charge on any atom is -0.394 e. The monoisotopic (exact) mass is 379 g/mol. The molecule has 5 atom stereocenters. The molecule has 1 fully saturated rings. The van der Waals surface area contributed by atoms with Crippen molar-refractivity contribution in [2.24, 2.45) is 5.73 Å². The third kappa shape index (κ3) is 3.72. The number of rotatable bonds is 7. The number of hydrogen-bond acceptors (Lipinski definition) is 9. The minimum atomic E-state index is -1.13. The number of aliphatic hydroxyl groups excluding tert-OH is 2. The first-order chi connectivity index (χ1) is 13.0. The molecule has 1 amide bonds. The zero-order valence-corrected chi connectivity index (χ0v) is 15.0. The number of aromatic nitrogens is 4. The highest BCUT2D eigenvalue weighted by molar-refractivity contribution is 5.82. The fourth-order valence-electron chi connectivity index (χ4n) is 3.17. The van der Waals surface area contributed by atoms with Gasteiger partial charge in [-0.25, -0.2) is 15.0 Å². The highest BCUT2D eigenvalue weighted by Gasteiger charge is 2.46. The van der Waals surface area contributed by atoms with Crippen molar-refractivity contribution < 1.29 is 19.7 Å². The normalized spacial score (nSPS) is 26.4. The van der Waals surface area contributed by atoms with E-state index in [1.165, 1.54) is 12.7 Å². The molecular formula is C16H25N7O4. The summed E-state index contributed by atoms with van der Waals surface area (Å²) in [6.07, 6.45) is 2.19. The van der Waals surface area contributed by atoms with Crippen LogP contribution in [0, 0.1) is 0 Å². The number of nitrogens with one attached hydrogen (secondary N) is 1. The van der Waals surface area contributed by atoms with E-state index < -0.39 is 43.0 Å². The maximum Gasteiger partial charge on any atom is 0.237 e. The molecule has 2 aromatic rings. The Balaban J connectivity index is 1.87. The highest BCUT2D eigenvalue weighted by Crippen LogP contribution is 2.32. The Morgan fingerprint density at radius 1 is 1.44 bits per heavy atom. The summed E-state index contributed by atoms with van der Waals surface area (Å²) in [5, 5.41) is 22.8. The number of nitrogens with two attached hydrogens (primary N) is 2. The Bertz CT molecular complexity index is 798. The van der Waals surface area contributed by atoms with Crippen molar-refractivity contribution >= 4 is 22.9 Å². The molecule has 0 bridgehead atoms. The maximum atomic E-state index is 12.4. The first-order valence-corrected chi connectivity index (χ1v) is 8.91. The molecule has 0 saturated carbocycles. The summed E-state index contributed by atoms with van der Waals surface area (Å²) in [5.41, 5.74) is 12.5. The number of carbonyl (C=O) groups excluding carboxylic acids is 1. The Morgan fingerprint density at radius 3 is 2.93 bits per heavy atom. The smallest absolute Gasteiger partial charge is 0.237 e. The molecule has 11 heteroatoms. The summed E-state index contributed by atoms with van der Waals surface area (Å²) < 4.78 is 7.31. The quantitative estimate of drug-likeness (QED) is 0.390. The average Bonchev–Trinajstić information content (AvgIpc) is 3.22. The van der Waals surface area contributed by atoms with E-state index in [0.717, 1.165) is 12.8 Å². The van der Waals surface area contributed by atoms with Crippen molar-refractivity contribution in [2.75, 3.05) is 12.3 Å². The third-order valence-corrected chi connectivity index (χ3v) is 4.73. The summed E-state index contributed by atoms with van der Waals surface area (Å²) in [7, 11) is 0. The molecule has 148 valence electrons. The van der Waals surface area contributed by atoms with Gasteiger partial charge in [0.25, 0.3) is 0 Å². The minimum absolute atomic E-state index is 0.207. The molecule has 0 spiro atoms. The summed E-state index contributed by atoms with van der Waals surface area (Å²) in [4.78, 5) is 24.7. The lowest BCUT2D eigenvalue weighted by Gasteiger charge is -2.24. The molecular weight excluding hydrogens is 354 g/mol. The number of unbranched alkanes of at least 4 members (excludes halogenated alkanes) is 1. The molecule has 11 nitrogen and oxygen atoms in total. The van der Waals surface area contributed by atoms with Crippen LogP contribution in [0.15, 0.2) is 12.7 Å². The van der Waals surface area contributed by atoms with Gasteiger partial charge < -0.3 is 31.7 Å². The predicted molar refractivity (Wildman–Crippen MR) is 96.2 cm³/mol. The molecule has 1 aliphatic rings. The van der Waals surface area contributed by atoms with Gasteiger partial charge in [0.1, 0.15) is 30.1 Å². The second kappa shape index (κ2) is 8.13. The average molecular weight is 379 g/mol. The molecule has 7 N–H and O–H groups in total. The zero-order valence-electron chi connectivity index (χ0n) is 15.0. The number of aliphatic hydroxyl groups is 2. The first kappa shape index (κ1) is 19.4. The van der Waals surface area contributed by atoms with Crippen molar-refractivity contribution in [2.45, 2.75) is 56.7 Å². The van der Waals surface area contributed by atoms with Crippen LogP contribution in [0.4, 0.5) is 5.82 Å². The molecule has 3 heterocycles. The van der Waals surface area contributed by atoms with Gasteiger partial charge in [0, 0.05) is 0 Å². The zero-order chi connectivity index (χ0) is 19.6. The van der Waals surface area contributed by atoms with Gasteiger partial charge in [-0.05, 0) is 6.42 Å². The molecule has 0 aliphatic carbocycles. The number of fused-ring (bicyclic) bond motifs is 1. The highest BCUT2D eigenvalue weighted by atomic mass is 16.5. The molecule has 1 saturated heterocycles. The van der Waals surface area contributed by atoms with Gasteiger partial charge >= 0.3 is 0 Å². The van der Waals surface area contributed by atoms with E-state index >= 15 is 0 Å². The summed E-state index contributed by atoms with van der Waals surface area (Å²) in [6.45, 7) is 1.61. The number of anilines is 1. The third-order valence-electron chi connectivity index (χ3n) is 4.73. The number of nitrogens with zero attached hydrogens (tertiary/aromatic N) is 4. The van der Waals surface area contributed by atoms with Crippen LogP contribution in [0.1, 0.15) is 32.4 Å². The molecule has 1 aliphatic heterocycles. The van der Waals surface area contributed by atoms with Gasteiger partial charge in [0.15, 0.2) is 17.7 Å². The van der Waals surface area contributed by atoms with E-state index in [9.17, 15) is 15.0 Å². The van der Waals surface area contributed by atoms with Crippen LogP contribution in [0.3, 0.4) is 0 Å². The Labute approximate surface area is 155 Å². The van der Waals surface area contributed by atoms with Crippen molar-refractivity contribution in [3.8, 4) is 0 Å². The lowest BCUT2D eigenvalue weighted by atomic mass is 10.1. The number of ether oxygens (including phenoxy) is 1. The predicted octanol–water partition coefficient (Wildman–Crippen LogP) is -1.34. The van der Waals surface area contributed by atoms with Crippen LogP contribution in [-0.2, 0) is 9.53 Å². The first-order valence-electron chi connectivity index (χ1n) is 8.91. The Morgan fingerprint density at radius 2 is 2.22 bits per heavy atom. The van der Waals surface area contributed by atoms with Crippen molar-refractivity contribution in [1.82, 2.24) is 24.8 Å². The number of amides is 1. The van der Waals surface area contributed by atoms with Crippen LogP contribution in [0.25, 0.3) is 11.2 Å². The van der Waals surface area contributed by atoms with E-state index in [0.29, 0.717) is 17.6 Å². The van der Waals surface area contributed by atoms with Crippen LogP contribution in [-0.4, -0.2) is 66.5 Å². The molecule has 0 aromatic carbocycles. The van der Waals surface area contributed by atoms with Crippen LogP contribution >= 0.6 is 0 Å². The SMILES string of the molecule is CCCCC(N)C(=O)NC1[C@@H](O)[C@@H](CO)O[C@H]1n1cnc2c(N)ncnc21. The summed E-state index contributed by atoms with van der Waals surface area (Å²) in [5.74, 6) is -0.184. The topological polar surface area (TPSA) is 174 Å². The lowest BCUT2D eigenvalue weighted by Crippen LogP contribution is -2.51. The number of imidazole rings is 1. The number of carbonyl (C=O) groups is 1. The molecule has 2 aromatic heterocycles. The van der Waals surface area contributed by atoms with Gasteiger partial charge in [0.05, 0.1) is 19.0 Å². The van der Waals surface area contributed by atoms with Crippen LogP contribution in [0.2, 0.25) is 0 Å². The van der Waals surface area contributed by atoms with Gasteiger partial charge in [-0.2, -0.15) is 0 Å². The standard InChI is InChI=1S/C16H25N7O4/c1-2-3-4-8(17)15(26)22-10-12(25)9(5-24)27-16(10)23-7-21-11-13(18)19-6-20-14(11)23/h6-10,12,16,24-25H,2-5,17H2,1H3,(H,22,26)(H2,18,19,20)/t8?,9-,10?,12+,16-/m1/s1. The van der Waals surface area contributed by atoms with E-state index in [-0.39, 0.29) is 5.82 Å². The second-order valence-corrected chi connectivity index (χ2v) is 6.60. The van der Waals surface area contributed by atoms with Gasteiger partial charge in [-0.3, -0.25) is 9.36 Å². The van der Waals surface area contributed by atoms with Crippen LogP contribution in [0.5, 0.6) is 0 Å². The Hall–Kier alpha value is -2.34. The molecule has 0 radical (unpaired) electrons. The van der Waals surface area contributed by atoms with E-state index in [4.69, 9.17) is 16.2 Å². The van der Waals surface area contributed by atoms with Crippen molar-refractivity contribution in [3.05, 3.63) is 12.7 Å². The molecule has 2 unspecified atom stereocenters. The van der Waals surface area contributed by atoms with E-state index in [1.807, 2.05) is 6.92 Å². The summed E-state index contributed by atoms with van der Waals surface area (Å²) in [6, 6.07) is -1.53. The maximum absolute atomic E-state index is 12.4. The Kier molecular flexibility index (Phi) is 5.85. The van der Waals surface area contributed by atoms with Gasteiger partial charge in [-0.15, -0.1) is 0 Å². The van der Waals surface area contributed by atoms with Gasteiger partial charge in [-0.1, -0.05) is 19.8 Å². The van der Waals surface area contributed by atoms with Crippen molar-refractivity contribution in [3.63, 3.8) is 0 Å².